The molecule has 4 nitrogen and oxygen atoms in total. The normalized spacial score (nSPS) is 18.7. The molecule has 0 saturated carbocycles. The van der Waals surface area contributed by atoms with Crippen LogP contribution in [0.4, 0.5) is 0 Å². The number of amides is 1. The summed E-state index contributed by atoms with van der Waals surface area (Å²) in [5.74, 6) is -0.0132. The number of nitrogens with two attached hydrogens (primary N) is 1. The maximum atomic E-state index is 11.9. The van der Waals surface area contributed by atoms with E-state index in [1.165, 1.54) is 5.43 Å². The molecule has 0 radical (unpaired) electrons. The number of hydrogen-bond donors (Lipinski definition) is 1. The van der Waals surface area contributed by atoms with E-state index in [2.05, 4.69) is 17.0 Å². The predicted octanol–water partition coefficient (Wildman–Crippen LogP) is -2.13. The molecule has 5 heteroatoms. The number of primary amides is 1. The first kappa shape index (κ1) is 15.8. The zero-order valence-corrected chi connectivity index (χ0v) is 11.9. The monoisotopic (exact) mass is 281 g/mol. The van der Waals surface area contributed by atoms with E-state index in [0.29, 0.717) is 5.56 Å². The zero-order valence-electron chi connectivity index (χ0n) is 11.2. The minimum Gasteiger partial charge on any atom is -1.00 e. The van der Waals surface area contributed by atoms with Gasteiger partial charge >= 0.3 is 5.91 Å². The van der Waals surface area contributed by atoms with E-state index in [-0.39, 0.29) is 18.3 Å². The molecule has 19 heavy (non-hydrogen) atoms. The summed E-state index contributed by atoms with van der Waals surface area (Å²) >= 11 is 0. The van der Waals surface area contributed by atoms with Crippen LogP contribution in [0.1, 0.15) is 29.6 Å². The number of carbonyl (C=O) groups excluding carboxylic acids is 1. The quantitative estimate of drug-likeness (QED) is 0.497. The lowest BCUT2D eigenvalue weighted by Gasteiger charge is -2.10. The summed E-state index contributed by atoms with van der Waals surface area (Å²) in [6.45, 7) is 2.15. The fourth-order valence-electron chi connectivity index (χ4n) is 2.07. The van der Waals surface area contributed by atoms with Crippen LogP contribution in [0, 0.1) is 0 Å². The molecular weight excluding hydrogens is 262 g/mol. The molecule has 1 saturated heterocycles. The Morgan fingerprint density at radius 3 is 2.68 bits per heavy atom. The van der Waals surface area contributed by atoms with Crippen LogP contribution in [0.5, 0.6) is 0 Å². The Kier molecular flexibility index (Phi) is 6.70. The van der Waals surface area contributed by atoms with Crippen molar-refractivity contribution in [3.8, 4) is 0 Å². The lowest BCUT2D eigenvalue weighted by molar-refractivity contribution is -0.561. The van der Waals surface area contributed by atoms with E-state index in [1.54, 1.807) is 0 Å². The van der Waals surface area contributed by atoms with Crippen LogP contribution >= 0.6 is 0 Å². The summed E-state index contributed by atoms with van der Waals surface area (Å²) in [7, 11) is 2.13. The molecule has 104 valence electrons. The van der Waals surface area contributed by atoms with Crippen LogP contribution in [0.2, 0.25) is 0 Å². The van der Waals surface area contributed by atoms with Crippen molar-refractivity contribution >= 4 is 11.6 Å². The second kappa shape index (κ2) is 8.04. The van der Waals surface area contributed by atoms with Crippen molar-refractivity contribution in [2.45, 2.75) is 19.3 Å². The first-order valence-corrected chi connectivity index (χ1v) is 6.42. The first-order valence-electron chi connectivity index (χ1n) is 6.42. The summed E-state index contributed by atoms with van der Waals surface area (Å²) in [5, 5.41) is 4.37. The van der Waals surface area contributed by atoms with Crippen molar-refractivity contribution in [2.24, 2.45) is 5.10 Å². The molecule has 0 aromatic heterocycles. The van der Waals surface area contributed by atoms with Crippen molar-refractivity contribution < 1.29 is 22.6 Å². The molecule has 0 atom stereocenters. The molecule has 1 aromatic carbocycles. The van der Waals surface area contributed by atoms with Crippen LogP contribution in [-0.2, 0) is 0 Å². The van der Waals surface area contributed by atoms with Crippen LogP contribution < -0.4 is 17.8 Å². The van der Waals surface area contributed by atoms with Crippen LogP contribution in [-0.4, -0.2) is 36.7 Å². The largest absolute Gasteiger partial charge is 1.00 e. The molecule has 1 heterocycles. The fraction of sp³-hybridized carbons (Fsp3) is 0.429. The van der Waals surface area contributed by atoms with Crippen molar-refractivity contribution in [1.82, 2.24) is 4.90 Å². The van der Waals surface area contributed by atoms with Crippen molar-refractivity contribution in [2.75, 3.05) is 20.1 Å². The number of carbonyl (C=O) groups is 1. The van der Waals surface area contributed by atoms with E-state index in [0.717, 1.165) is 38.1 Å². The van der Waals surface area contributed by atoms with Gasteiger partial charge in [0.25, 0.3) is 0 Å². The van der Waals surface area contributed by atoms with Gasteiger partial charge in [-0.2, -0.15) is 5.43 Å². The standard InChI is InChI=1S/C14H19N3O.ClH/c1-17-10-5-8-13(9-11-17)15-16-14(18)12-6-3-2-4-7-12;/h2-4,6-7H,5,8-11H2,1H3,(H,16,18);1H/b15-13-;. The van der Waals surface area contributed by atoms with Gasteiger partial charge in [-0.05, 0) is 38.6 Å². The fourth-order valence-corrected chi connectivity index (χ4v) is 2.07. The van der Waals surface area contributed by atoms with Gasteiger partial charge in [0.05, 0.1) is 11.3 Å². The Labute approximate surface area is 120 Å². The minimum absolute atomic E-state index is 0. The number of rotatable bonds is 2. The second-order valence-corrected chi connectivity index (χ2v) is 4.71. The highest BCUT2D eigenvalue weighted by Crippen LogP contribution is 2.05. The Balaban J connectivity index is 0.00000180. The maximum absolute atomic E-state index is 11.9. The zero-order chi connectivity index (χ0) is 12.8. The van der Waals surface area contributed by atoms with E-state index in [9.17, 15) is 4.79 Å². The molecule has 0 unspecified atom stereocenters. The maximum Gasteiger partial charge on any atom is 0.368 e. The molecule has 1 aliphatic heterocycles. The minimum atomic E-state index is -0.0132. The van der Waals surface area contributed by atoms with Crippen molar-refractivity contribution in [3.63, 3.8) is 0 Å². The van der Waals surface area contributed by atoms with Gasteiger partial charge in [-0.25, -0.2) is 4.79 Å². The summed E-state index contributed by atoms with van der Waals surface area (Å²) < 4.78 is 0. The Morgan fingerprint density at radius 2 is 1.95 bits per heavy atom. The van der Waals surface area contributed by atoms with Gasteiger partial charge in [0.2, 0.25) is 0 Å². The number of halogens is 1. The highest BCUT2D eigenvalue weighted by molar-refractivity contribution is 5.88. The van der Waals surface area contributed by atoms with Gasteiger partial charge in [0.15, 0.2) is 0 Å². The van der Waals surface area contributed by atoms with E-state index in [4.69, 9.17) is 0 Å². The number of nitrogens with zero attached hydrogens (tertiary/aromatic N) is 2. The molecule has 0 bridgehead atoms. The van der Waals surface area contributed by atoms with Gasteiger partial charge in [0.1, 0.15) is 0 Å². The Bertz CT molecular complexity index is 434. The van der Waals surface area contributed by atoms with Gasteiger partial charge in [-0.15, -0.1) is 0 Å². The Hall–Kier alpha value is -1.23. The number of likely N-dealkylation sites (tertiary alicyclic amines) is 1. The molecule has 2 N–H and O–H groups in total. The van der Waals surface area contributed by atoms with Crippen LogP contribution in [0.15, 0.2) is 35.4 Å². The third kappa shape index (κ3) is 5.11. The van der Waals surface area contributed by atoms with Gasteiger partial charge < -0.3 is 17.3 Å². The molecule has 0 aliphatic carbocycles. The number of benzene rings is 1. The third-order valence-electron chi connectivity index (χ3n) is 3.21. The molecule has 1 aromatic rings. The van der Waals surface area contributed by atoms with Gasteiger partial charge in [0, 0.05) is 13.0 Å². The first-order chi connectivity index (χ1) is 8.75. The smallest absolute Gasteiger partial charge is 0.368 e. The SMILES string of the molecule is CN1CCC/C(=N/[NH2+]C(=O)c2ccccc2)CC1.[Cl-]. The summed E-state index contributed by atoms with van der Waals surface area (Å²) in [5.41, 5.74) is 3.31. The molecule has 1 aliphatic rings. The highest BCUT2D eigenvalue weighted by atomic mass is 35.5. The van der Waals surface area contributed by atoms with Crippen molar-refractivity contribution in [1.29, 1.82) is 0 Å². The lowest BCUT2D eigenvalue weighted by atomic mass is 10.2. The Morgan fingerprint density at radius 1 is 1.21 bits per heavy atom. The lowest BCUT2D eigenvalue weighted by Crippen LogP contribution is -3.00. The molecule has 1 amide bonds. The number of hydrogen-bond acceptors (Lipinski definition) is 3. The van der Waals surface area contributed by atoms with Crippen LogP contribution in [0.3, 0.4) is 0 Å². The van der Waals surface area contributed by atoms with E-state index >= 15 is 0 Å². The molecular formula is C14H20ClN3O. The molecule has 0 spiro atoms. The topological polar surface area (TPSA) is 49.3 Å². The van der Waals surface area contributed by atoms with Crippen LogP contribution in [0.25, 0.3) is 0 Å². The van der Waals surface area contributed by atoms with Crippen molar-refractivity contribution in [3.05, 3.63) is 35.9 Å². The highest BCUT2D eigenvalue weighted by Gasteiger charge is 2.13. The molecule has 2 rings (SSSR count). The second-order valence-electron chi connectivity index (χ2n) is 4.71. The number of quaternary nitrogens is 1. The average Bonchev–Trinajstić information content (AvgIpc) is 2.62. The summed E-state index contributed by atoms with van der Waals surface area (Å²) in [6.07, 6.45) is 3.10. The van der Waals surface area contributed by atoms with E-state index < -0.39 is 0 Å². The summed E-state index contributed by atoms with van der Waals surface area (Å²) in [6, 6.07) is 9.28. The predicted molar refractivity (Wildman–Crippen MR) is 71.5 cm³/mol. The summed E-state index contributed by atoms with van der Waals surface area (Å²) in [4.78, 5) is 14.2. The third-order valence-corrected chi connectivity index (χ3v) is 3.21. The van der Waals surface area contributed by atoms with E-state index in [1.807, 2.05) is 30.3 Å². The average molecular weight is 282 g/mol. The van der Waals surface area contributed by atoms with Gasteiger partial charge in [-0.3, -0.25) is 0 Å². The van der Waals surface area contributed by atoms with Gasteiger partial charge in [-0.1, -0.05) is 23.3 Å². The molecule has 1 fully saturated rings.